The molecule has 0 bridgehead atoms. The first-order valence-corrected chi connectivity index (χ1v) is 6.50. The van der Waals surface area contributed by atoms with E-state index in [2.05, 4.69) is 0 Å². The van der Waals surface area contributed by atoms with Gasteiger partial charge in [-0.05, 0) is 37.1 Å². The molecule has 0 aromatic heterocycles. The van der Waals surface area contributed by atoms with Gasteiger partial charge in [-0.3, -0.25) is 4.79 Å². The van der Waals surface area contributed by atoms with Crippen LogP contribution in [0, 0.1) is 0 Å². The molecule has 5 heteroatoms. The Labute approximate surface area is 118 Å². The fourth-order valence-electron chi connectivity index (χ4n) is 2.25. The molecule has 0 atom stereocenters. The van der Waals surface area contributed by atoms with Gasteiger partial charge in [-0.25, -0.2) is 4.79 Å². The molecule has 0 saturated carbocycles. The van der Waals surface area contributed by atoms with Gasteiger partial charge in [0.25, 0.3) is 0 Å². The normalized spacial score (nSPS) is 14.2. The van der Waals surface area contributed by atoms with Crippen LogP contribution in [0.4, 0.5) is 0 Å². The van der Waals surface area contributed by atoms with Crippen molar-refractivity contribution in [1.82, 2.24) is 4.90 Å². The van der Waals surface area contributed by atoms with Crippen molar-refractivity contribution >= 4 is 11.9 Å². The number of hydrogen-bond donors (Lipinski definition) is 1. The number of methoxy groups -OCH3 is 1. The van der Waals surface area contributed by atoms with Gasteiger partial charge in [0.15, 0.2) is 0 Å². The second-order valence-electron chi connectivity index (χ2n) is 5.68. The van der Waals surface area contributed by atoms with Crippen molar-refractivity contribution < 1.29 is 19.4 Å². The highest BCUT2D eigenvalue weighted by Crippen LogP contribution is 2.26. The second kappa shape index (κ2) is 5.25. The van der Waals surface area contributed by atoms with E-state index in [-0.39, 0.29) is 11.5 Å². The number of benzene rings is 1. The van der Waals surface area contributed by atoms with Crippen LogP contribution in [0.15, 0.2) is 18.2 Å². The van der Waals surface area contributed by atoms with Crippen molar-refractivity contribution in [2.75, 3.05) is 7.11 Å². The molecule has 20 heavy (non-hydrogen) atoms. The van der Waals surface area contributed by atoms with Gasteiger partial charge in [0.1, 0.15) is 0 Å². The maximum Gasteiger partial charge on any atom is 0.335 e. The summed E-state index contributed by atoms with van der Waals surface area (Å²) >= 11 is 0. The number of carboxylic acid groups (broad SMARTS) is 1. The average molecular weight is 277 g/mol. The first-order chi connectivity index (χ1) is 9.32. The predicted molar refractivity (Wildman–Crippen MR) is 73.4 cm³/mol. The molecular weight excluding hydrogens is 258 g/mol. The maximum absolute atomic E-state index is 12.2. The van der Waals surface area contributed by atoms with Crippen molar-refractivity contribution in [2.45, 2.75) is 39.0 Å². The molecule has 0 unspecified atom stereocenters. The molecule has 108 valence electrons. The van der Waals surface area contributed by atoms with Crippen molar-refractivity contribution in [3.8, 4) is 0 Å². The van der Waals surface area contributed by atoms with Crippen LogP contribution >= 0.6 is 0 Å². The van der Waals surface area contributed by atoms with Crippen molar-refractivity contribution in [3.63, 3.8) is 0 Å². The molecule has 0 spiro atoms. The summed E-state index contributed by atoms with van der Waals surface area (Å²) in [4.78, 5) is 24.9. The van der Waals surface area contributed by atoms with Gasteiger partial charge >= 0.3 is 5.97 Å². The Morgan fingerprint density at radius 2 is 1.95 bits per heavy atom. The molecule has 1 heterocycles. The molecule has 2 rings (SSSR count). The van der Waals surface area contributed by atoms with Crippen LogP contribution in [0.5, 0.6) is 0 Å². The van der Waals surface area contributed by atoms with Gasteiger partial charge in [0.2, 0.25) is 5.91 Å². The van der Waals surface area contributed by atoms with E-state index in [1.807, 2.05) is 13.8 Å². The van der Waals surface area contributed by atoms with E-state index in [0.29, 0.717) is 19.5 Å². The number of aromatic carboxylic acids is 1. The summed E-state index contributed by atoms with van der Waals surface area (Å²) in [5.41, 5.74) is 1.69. The zero-order chi connectivity index (χ0) is 14.9. The van der Waals surface area contributed by atoms with Crippen LogP contribution in [-0.4, -0.2) is 34.6 Å². The zero-order valence-electron chi connectivity index (χ0n) is 12.0. The van der Waals surface area contributed by atoms with Gasteiger partial charge in [0, 0.05) is 20.2 Å². The number of fused-ring (bicyclic) bond motifs is 1. The predicted octanol–water partition coefficient (Wildman–Crippen LogP) is 2.04. The summed E-state index contributed by atoms with van der Waals surface area (Å²) in [6.07, 6.45) is 0.309. The molecule has 1 aromatic rings. The average Bonchev–Trinajstić information content (AvgIpc) is 2.81. The Morgan fingerprint density at radius 1 is 1.30 bits per heavy atom. The SMILES string of the molecule is COC(C)(C)CC(=O)N1Cc2ccc(C(=O)O)cc2C1. The summed E-state index contributed by atoms with van der Waals surface area (Å²) in [6.45, 7) is 4.75. The maximum atomic E-state index is 12.2. The van der Waals surface area contributed by atoms with Crippen molar-refractivity contribution in [1.29, 1.82) is 0 Å². The Kier molecular flexibility index (Phi) is 3.81. The van der Waals surface area contributed by atoms with Gasteiger partial charge < -0.3 is 14.7 Å². The van der Waals surface area contributed by atoms with Gasteiger partial charge in [-0.2, -0.15) is 0 Å². The largest absolute Gasteiger partial charge is 0.478 e. The number of rotatable bonds is 4. The third-order valence-corrected chi connectivity index (χ3v) is 3.66. The van der Waals surface area contributed by atoms with E-state index in [4.69, 9.17) is 9.84 Å². The van der Waals surface area contributed by atoms with Crippen LogP contribution in [0.1, 0.15) is 41.8 Å². The van der Waals surface area contributed by atoms with E-state index in [9.17, 15) is 9.59 Å². The van der Waals surface area contributed by atoms with E-state index >= 15 is 0 Å². The number of amides is 1. The molecule has 5 nitrogen and oxygen atoms in total. The monoisotopic (exact) mass is 277 g/mol. The molecule has 1 amide bonds. The van der Waals surface area contributed by atoms with E-state index in [1.54, 1.807) is 30.2 Å². The number of carbonyl (C=O) groups excluding carboxylic acids is 1. The van der Waals surface area contributed by atoms with Crippen molar-refractivity contribution in [3.05, 3.63) is 34.9 Å². The Morgan fingerprint density at radius 3 is 2.55 bits per heavy atom. The summed E-state index contributed by atoms with van der Waals surface area (Å²) in [7, 11) is 1.59. The van der Waals surface area contributed by atoms with Gasteiger partial charge in [-0.1, -0.05) is 6.07 Å². The zero-order valence-corrected chi connectivity index (χ0v) is 12.0. The molecule has 0 saturated heterocycles. The summed E-state index contributed by atoms with van der Waals surface area (Å²) in [6, 6.07) is 5.01. The second-order valence-corrected chi connectivity index (χ2v) is 5.68. The van der Waals surface area contributed by atoms with E-state index in [1.165, 1.54) is 0 Å². The molecule has 0 radical (unpaired) electrons. The number of hydrogen-bond acceptors (Lipinski definition) is 3. The molecule has 1 aliphatic rings. The third-order valence-electron chi connectivity index (χ3n) is 3.66. The first-order valence-electron chi connectivity index (χ1n) is 6.50. The van der Waals surface area contributed by atoms with Crippen molar-refractivity contribution in [2.24, 2.45) is 0 Å². The smallest absolute Gasteiger partial charge is 0.335 e. The molecule has 0 fully saturated rings. The van der Waals surface area contributed by atoms with Crippen LogP contribution in [0.2, 0.25) is 0 Å². The molecule has 0 aliphatic carbocycles. The number of carboxylic acids is 1. The number of nitrogens with zero attached hydrogens (tertiary/aromatic N) is 1. The quantitative estimate of drug-likeness (QED) is 0.914. The summed E-state index contributed by atoms with van der Waals surface area (Å²) < 4.78 is 5.27. The Hall–Kier alpha value is -1.88. The molecule has 1 N–H and O–H groups in total. The fraction of sp³-hybridized carbons (Fsp3) is 0.467. The summed E-state index contributed by atoms with van der Waals surface area (Å²) in [5, 5.41) is 8.98. The first kappa shape index (κ1) is 14.5. The lowest BCUT2D eigenvalue weighted by Gasteiger charge is -2.25. The lowest BCUT2D eigenvalue weighted by molar-refractivity contribution is -0.137. The minimum atomic E-state index is -0.946. The van der Waals surface area contributed by atoms with Crippen LogP contribution in [0.3, 0.4) is 0 Å². The van der Waals surface area contributed by atoms with Gasteiger partial charge in [-0.15, -0.1) is 0 Å². The highest BCUT2D eigenvalue weighted by molar-refractivity contribution is 5.88. The lowest BCUT2D eigenvalue weighted by atomic mass is 10.0. The number of ether oxygens (including phenoxy) is 1. The van der Waals surface area contributed by atoms with Crippen LogP contribution in [0.25, 0.3) is 0 Å². The Bertz CT molecular complexity index is 551. The molecule has 1 aromatic carbocycles. The molecule has 1 aliphatic heterocycles. The minimum absolute atomic E-state index is 0.0184. The fourth-order valence-corrected chi connectivity index (χ4v) is 2.25. The highest BCUT2D eigenvalue weighted by atomic mass is 16.5. The highest BCUT2D eigenvalue weighted by Gasteiger charge is 2.29. The topological polar surface area (TPSA) is 66.8 Å². The number of carbonyl (C=O) groups is 2. The third kappa shape index (κ3) is 2.99. The van der Waals surface area contributed by atoms with Crippen LogP contribution in [-0.2, 0) is 22.6 Å². The van der Waals surface area contributed by atoms with E-state index in [0.717, 1.165) is 11.1 Å². The Balaban J connectivity index is 2.09. The minimum Gasteiger partial charge on any atom is -0.478 e. The van der Waals surface area contributed by atoms with Gasteiger partial charge in [0.05, 0.1) is 17.6 Å². The lowest BCUT2D eigenvalue weighted by Crippen LogP contribution is -2.34. The molecular formula is C15H19NO4. The standard InChI is InChI=1S/C15H19NO4/c1-15(2,20-3)7-13(17)16-8-11-5-4-10(14(18)19)6-12(11)9-16/h4-6H,7-9H2,1-3H3,(H,18,19). The summed E-state index contributed by atoms with van der Waals surface area (Å²) in [5.74, 6) is -0.928. The van der Waals surface area contributed by atoms with Crippen LogP contribution < -0.4 is 0 Å². The van der Waals surface area contributed by atoms with E-state index < -0.39 is 11.6 Å².